The molecule has 7 heteroatoms. The molecule has 1 rings (SSSR count). The molecule has 1 aliphatic heterocycles. The molecule has 0 spiro atoms. The van der Waals surface area contributed by atoms with Crippen molar-refractivity contribution >= 4 is 47.2 Å². The Morgan fingerprint density at radius 2 is 2.13 bits per heavy atom. The Hall–Kier alpha value is -0.190. The zero-order valence-corrected chi connectivity index (χ0v) is 10.4. The van der Waals surface area contributed by atoms with E-state index in [-0.39, 0.29) is 6.10 Å². The predicted molar refractivity (Wildman–Crippen MR) is 58.7 cm³/mol. The molecule has 15 heavy (non-hydrogen) atoms. The Morgan fingerprint density at radius 3 is 2.60 bits per heavy atom. The van der Waals surface area contributed by atoms with Crippen LogP contribution in [0.4, 0.5) is 0 Å². The lowest BCUT2D eigenvalue weighted by atomic mass is 10.2. The summed E-state index contributed by atoms with van der Waals surface area (Å²) in [5.74, 6) is -0.560. The summed E-state index contributed by atoms with van der Waals surface area (Å²) in [7, 11) is 0. The standard InChI is InChI=1S/C8H10Cl3NO3/c1-4(2)15-7(13)5-6(8(9,10)11)14-3-12-5/h3-6H,1-2H3. The minimum Gasteiger partial charge on any atom is -0.473 e. The van der Waals surface area contributed by atoms with Crippen molar-refractivity contribution in [1.29, 1.82) is 0 Å². The summed E-state index contributed by atoms with van der Waals surface area (Å²) in [5.41, 5.74) is 0. The number of ether oxygens (including phenoxy) is 2. The maximum absolute atomic E-state index is 11.5. The van der Waals surface area contributed by atoms with Crippen LogP contribution in [0.3, 0.4) is 0 Å². The number of halogens is 3. The van der Waals surface area contributed by atoms with E-state index in [1.807, 2.05) is 0 Å². The van der Waals surface area contributed by atoms with Crippen molar-refractivity contribution in [1.82, 2.24) is 0 Å². The Bertz CT molecular complexity index is 275. The Labute approximate surface area is 102 Å². The zero-order valence-electron chi connectivity index (χ0n) is 8.12. The van der Waals surface area contributed by atoms with E-state index in [4.69, 9.17) is 44.3 Å². The van der Waals surface area contributed by atoms with Gasteiger partial charge in [0.1, 0.15) is 0 Å². The largest absolute Gasteiger partial charge is 0.473 e. The van der Waals surface area contributed by atoms with Gasteiger partial charge in [0, 0.05) is 0 Å². The number of rotatable bonds is 2. The smallest absolute Gasteiger partial charge is 0.335 e. The van der Waals surface area contributed by atoms with Gasteiger partial charge in [-0.1, -0.05) is 34.8 Å². The van der Waals surface area contributed by atoms with Crippen LogP contribution in [-0.4, -0.2) is 34.4 Å². The Balaban J connectivity index is 2.68. The average molecular weight is 275 g/mol. The van der Waals surface area contributed by atoms with Gasteiger partial charge in [-0.2, -0.15) is 0 Å². The molecule has 1 heterocycles. The number of hydrogen-bond acceptors (Lipinski definition) is 4. The fraction of sp³-hybridized carbons (Fsp3) is 0.750. The van der Waals surface area contributed by atoms with E-state index in [1.165, 1.54) is 0 Å². The van der Waals surface area contributed by atoms with E-state index in [0.29, 0.717) is 0 Å². The number of alkyl halides is 3. The van der Waals surface area contributed by atoms with Crippen LogP contribution in [-0.2, 0) is 14.3 Å². The molecule has 0 aromatic carbocycles. The van der Waals surface area contributed by atoms with Crippen LogP contribution < -0.4 is 0 Å². The highest BCUT2D eigenvalue weighted by Gasteiger charge is 2.47. The number of carbonyl (C=O) groups excluding carboxylic acids is 1. The summed E-state index contributed by atoms with van der Waals surface area (Å²) in [6.07, 6.45) is -0.0863. The minimum absolute atomic E-state index is 0.246. The quantitative estimate of drug-likeness (QED) is 0.572. The van der Waals surface area contributed by atoms with Crippen molar-refractivity contribution in [3.8, 4) is 0 Å². The van der Waals surface area contributed by atoms with Gasteiger partial charge in [0.05, 0.1) is 6.10 Å². The topological polar surface area (TPSA) is 47.9 Å². The second-order valence-electron chi connectivity index (χ2n) is 3.28. The van der Waals surface area contributed by atoms with Gasteiger partial charge in [0.25, 0.3) is 0 Å². The summed E-state index contributed by atoms with van der Waals surface area (Å²) in [5, 5.41) is 0. The number of esters is 1. The molecule has 0 bridgehead atoms. The molecule has 0 radical (unpaired) electrons. The van der Waals surface area contributed by atoms with E-state index in [9.17, 15) is 4.79 Å². The molecule has 2 unspecified atom stereocenters. The number of hydrogen-bond donors (Lipinski definition) is 0. The van der Waals surface area contributed by atoms with Gasteiger partial charge >= 0.3 is 5.97 Å². The lowest BCUT2D eigenvalue weighted by Gasteiger charge is -2.23. The van der Waals surface area contributed by atoms with Crippen molar-refractivity contribution in [3.05, 3.63) is 0 Å². The van der Waals surface area contributed by atoms with Gasteiger partial charge in [-0.15, -0.1) is 0 Å². The summed E-state index contributed by atoms with van der Waals surface area (Å²) in [6.45, 7) is 3.45. The van der Waals surface area contributed by atoms with Crippen molar-refractivity contribution in [2.75, 3.05) is 0 Å². The van der Waals surface area contributed by atoms with Gasteiger partial charge in [0.2, 0.25) is 3.79 Å². The molecule has 0 aromatic rings. The van der Waals surface area contributed by atoms with Crippen LogP contribution in [0.15, 0.2) is 4.99 Å². The second-order valence-corrected chi connectivity index (χ2v) is 5.65. The van der Waals surface area contributed by atoms with E-state index >= 15 is 0 Å². The van der Waals surface area contributed by atoms with Crippen LogP contribution in [0, 0.1) is 0 Å². The number of aliphatic imine (C=N–C) groups is 1. The van der Waals surface area contributed by atoms with Crippen LogP contribution in [0.1, 0.15) is 13.8 Å². The fourth-order valence-electron chi connectivity index (χ4n) is 1.06. The van der Waals surface area contributed by atoms with E-state index in [1.54, 1.807) is 13.8 Å². The molecular formula is C8H10Cl3NO3. The summed E-state index contributed by atoms with van der Waals surface area (Å²) < 4.78 is 8.18. The lowest BCUT2D eigenvalue weighted by Crippen LogP contribution is -2.41. The SMILES string of the molecule is CC(C)OC(=O)C1N=COC1C(Cl)(Cl)Cl. The van der Waals surface area contributed by atoms with Crippen LogP contribution >= 0.6 is 34.8 Å². The molecule has 86 valence electrons. The maximum Gasteiger partial charge on any atom is 0.335 e. The molecule has 0 aliphatic carbocycles. The molecular weight excluding hydrogens is 264 g/mol. The highest BCUT2D eigenvalue weighted by Crippen LogP contribution is 2.36. The first kappa shape index (κ1) is 12.9. The molecule has 0 fully saturated rings. The monoisotopic (exact) mass is 273 g/mol. The Morgan fingerprint density at radius 1 is 1.53 bits per heavy atom. The van der Waals surface area contributed by atoms with Crippen LogP contribution in [0.25, 0.3) is 0 Å². The Kier molecular flexibility index (Phi) is 4.09. The van der Waals surface area contributed by atoms with Gasteiger partial charge < -0.3 is 9.47 Å². The average Bonchev–Trinajstić information content (AvgIpc) is 2.48. The summed E-state index contributed by atoms with van der Waals surface area (Å²) in [4.78, 5) is 15.3. The summed E-state index contributed by atoms with van der Waals surface area (Å²) >= 11 is 16.9. The third-order valence-corrected chi connectivity index (χ3v) is 2.28. The molecule has 0 aromatic heterocycles. The molecule has 0 N–H and O–H groups in total. The summed E-state index contributed by atoms with van der Waals surface area (Å²) in [6, 6.07) is -0.917. The lowest BCUT2D eigenvalue weighted by molar-refractivity contribution is -0.150. The third kappa shape index (κ3) is 3.40. The third-order valence-electron chi connectivity index (χ3n) is 1.63. The zero-order chi connectivity index (χ0) is 11.6. The molecule has 1 aliphatic rings. The molecule has 4 nitrogen and oxygen atoms in total. The molecule has 0 amide bonds. The van der Waals surface area contributed by atoms with Crippen LogP contribution in [0.2, 0.25) is 0 Å². The van der Waals surface area contributed by atoms with E-state index < -0.39 is 21.9 Å². The van der Waals surface area contributed by atoms with Crippen molar-refractivity contribution in [2.24, 2.45) is 4.99 Å². The molecule has 2 atom stereocenters. The second kappa shape index (κ2) is 4.76. The van der Waals surface area contributed by atoms with Gasteiger partial charge in [-0.05, 0) is 13.8 Å². The fourth-order valence-corrected chi connectivity index (χ4v) is 1.57. The van der Waals surface area contributed by atoms with Gasteiger partial charge in [0.15, 0.2) is 18.5 Å². The minimum atomic E-state index is -1.71. The van der Waals surface area contributed by atoms with Crippen molar-refractivity contribution in [3.63, 3.8) is 0 Å². The maximum atomic E-state index is 11.5. The number of nitrogens with zero attached hydrogens (tertiary/aromatic N) is 1. The van der Waals surface area contributed by atoms with Crippen LogP contribution in [0.5, 0.6) is 0 Å². The first-order valence-electron chi connectivity index (χ1n) is 4.26. The predicted octanol–water partition coefficient (Wildman–Crippen LogP) is 2.10. The first-order valence-corrected chi connectivity index (χ1v) is 5.40. The molecule has 0 saturated carbocycles. The van der Waals surface area contributed by atoms with E-state index in [0.717, 1.165) is 6.40 Å². The normalized spacial score (nSPS) is 25.5. The van der Waals surface area contributed by atoms with E-state index in [2.05, 4.69) is 4.99 Å². The van der Waals surface area contributed by atoms with Gasteiger partial charge in [-0.25, -0.2) is 9.79 Å². The van der Waals surface area contributed by atoms with Crippen molar-refractivity contribution < 1.29 is 14.3 Å². The van der Waals surface area contributed by atoms with Gasteiger partial charge in [-0.3, -0.25) is 0 Å². The highest BCUT2D eigenvalue weighted by molar-refractivity contribution is 6.68. The molecule has 0 saturated heterocycles. The number of carbonyl (C=O) groups is 1. The highest BCUT2D eigenvalue weighted by atomic mass is 35.6. The van der Waals surface area contributed by atoms with Crippen molar-refractivity contribution in [2.45, 2.75) is 35.9 Å². The first-order chi connectivity index (χ1) is 6.82.